The molecule has 2 aliphatic carbocycles. The molecular weight excluding hydrogens is 360 g/mol. The van der Waals surface area contributed by atoms with Gasteiger partial charge in [0.2, 0.25) is 0 Å². The fourth-order valence-corrected chi connectivity index (χ4v) is 6.51. The topological polar surface area (TPSA) is 0 Å². The standard InChI is InChI=1S/C30H22/c1-18-27-23-14-6-2-10-19(23)21-12-4-8-16-25(21)29(27)30-26-17-9-5-13-22(26)20-11-3-7-15-24(20)28(18)30/h2-18,27,29H,1H3. The largest absolute Gasteiger partial charge is 0.0619 e. The number of fused-ring (bicyclic) bond motifs is 13. The van der Waals surface area contributed by atoms with Gasteiger partial charge in [0.15, 0.2) is 0 Å². The van der Waals surface area contributed by atoms with Gasteiger partial charge in [0, 0.05) is 11.8 Å². The Morgan fingerprint density at radius 2 is 0.933 bits per heavy atom. The number of hydrogen-bond donors (Lipinski definition) is 0. The zero-order valence-electron chi connectivity index (χ0n) is 17.0. The van der Waals surface area contributed by atoms with Crippen LogP contribution in [0.5, 0.6) is 0 Å². The molecule has 0 radical (unpaired) electrons. The van der Waals surface area contributed by atoms with Crippen molar-refractivity contribution in [1.82, 2.24) is 0 Å². The van der Waals surface area contributed by atoms with Crippen molar-refractivity contribution in [2.75, 3.05) is 0 Å². The van der Waals surface area contributed by atoms with Crippen molar-refractivity contribution in [2.24, 2.45) is 0 Å². The Morgan fingerprint density at radius 3 is 1.60 bits per heavy atom. The minimum Gasteiger partial charge on any atom is -0.0619 e. The first kappa shape index (κ1) is 16.4. The summed E-state index contributed by atoms with van der Waals surface area (Å²) in [4.78, 5) is 0. The molecular formula is C30H22. The average Bonchev–Trinajstić information content (AvgIpc) is 3.13. The first-order chi connectivity index (χ1) is 14.8. The van der Waals surface area contributed by atoms with Gasteiger partial charge >= 0.3 is 0 Å². The molecule has 0 spiro atoms. The number of benzene rings is 5. The van der Waals surface area contributed by atoms with Gasteiger partial charge in [0.1, 0.15) is 0 Å². The van der Waals surface area contributed by atoms with E-state index in [4.69, 9.17) is 0 Å². The van der Waals surface area contributed by atoms with E-state index in [1.807, 2.05) is 0 Å². The van der Waals surface area contributed by atoms with Crippen LogP contribution in [0.1, 0.15) is 46.9 Å². The van der Waals surface area contributed by atoms with Crippen molar-refractivity contribution in [3.05, 3.63) is 119 Å². The summed E-state index contributed by atoms with van der Waals surface area (Å²) < 4.78 is 0. The number of hydrogen-bond acceptors (Lipinski definition) is 0. The van der Waals surface area contributed by atoms with Crippen LogP contribution in [-0.4, -0.2) is 0 Å². The van der Waals surface area contributed by atoms with E-state index in [0.717, 1.165) is 0 Å². The summed E-state index contributed by atoms with van der Waals surface area (Å²) in [6.07, 6.45) is 0. The maximum absolute atomic E-state index is 2.45. The Hall–Kier alpha value is -3.38. The van der Waals surface area contributed by atoms with Gasteiger partial charge in [-0.05, 0) is 60.8 Å². The lowest BCUT2D eigenvalue weighted by molar-refractivity contribution is 0.570. The van der Waals surface area contributed by atoms with Gasteiger partial charge in [0.25, 0.3) is 0 Å². The minimum absolute atomic E-state index is 0.413. The van der Waals surface area contributed by atoms with Crippen molar-refractivity contribution >= 4 is 21.5 Å². The van der Waals surface area contributed by atoms with Gasteiger partial charge in [-0.3, -0.25) is 0 Å². The SMILES string of the molecule is CC1c2c(c3ccccc3c3ccccc23)C2c3ccccc3-c3ccccc3C12. The van der Waals surface area contributed by atoms with Gasteiger partial charge in [0.05, 0.1) is 0 Å². The molecule has 0 N–H and O–H groups in total. The van der Waals surface area contributed by atoms with Crippen molar-refractivity contribution in [3.8, 4) is 11.1 Å². The molecule has 0 aromatic heterocycles. The Balaban J connectivity index is 1.69. The van der Waals surface area contributed by atoms with Crippen LogP contribution in [0.2, 0.25) is 0 Å². The first-order valence-electron chi connectivity index (χ1n) is 11.0. The van der Waals surface area contributed by atoms with Gasteiger partial charge in [-0.15, -0.1) is 0 Å². The summed E-state index contributed by atoms with van der Waals surface area (Å²) in [6, 6.07) is 36.2. The number of rotatable bonds is 0. The van der Waals surface area contributed by atoms with Crippen LogP contribution in [0.4, 0.5) is 0 Å². The van der Waals surface area contributed by atoms with Crippen LogP contribution in [-0.2, 0) is 0 Å². The maximum Gasteiger partial charge on any atom is 0.0179 e. The van der Waals surface area contributed by atoms with E-state index < -0.39 is 0 Å². The Bertz CT molecular complexity index is 1470. The zero-order chi connectivity index (χ0) is 19.8. The Morgan fingerprint density at radius 1 is 0.467 bits per heavy atom. The molecule has 5 aromatic carbocycles. The third kappa shape index (κ3) is 1.92. The van der Waals surface area contributed by atoms with Gasteiger partial charge in [-0.25, -0.2) is 0 Å². The molecule has 3 unspecified atom stereocenters. The molecule has 0 saturated carbocycles. The van der Waals surface area contributed by atoms with Crippen molar-refractivity contribution in [1.29, 1.82) is 0 Å². The summed E-state index contributed by atoms with van der Waals surface area (Å²) in [6.45, 7) is 2.45. The highest BCUT2D eigenvalue weighted by molar-refractivity contribution is 6.12. The van der Waals surface area contributed by atoms with Crippen LogP contribution in [0.3, 0.4) is 0 Å². The first-order valence-corrected chi connectivity index (χ1v) is 11.0. The van der Waals surface area contributed by atoms with E-state index in [0.29, 0.717) is 17.8 Å². The monoisotopic (exact) mass is 382 g/mol. The van der Waals surface area contributed by atoms with E-state index in [9.17, 15) is 0 Å². The molecule has 0 heteroatoms. The second kappa shape index (κ2) is 5.83. The van der Waals surface area contributed by atoms with Crippen LogP contribution in [0.15, 0.2) is 97.1 Å². The molecule has 142 valence electrons. The molecule has 5 aromatic rings. The lowest BCUT2D eigenvalue weighted by Gasteiger charge is -2.33. The van der Waals surface area contributed by atoms with Crippen LogP contribution in [0.25, 0.3) is 32.7 Å². The Labute approximate surface area is 176 Å². The summed E-state index contributed by atoms with van der Waals surface area (Å²) in [5, 5.41) is 5.64. The van der Waals surface area contributed by atoms with Gasteiger partial charge < -0.3 is 0 Å². The van der Waals surface area contributed by atoms with E-state index in [-0.39, 0.29) is 0 Å². The maximum atomic E-state index is 2.45. The second-order valence-electron chi connectivity index (χ2n) is 8.89. The van der Waals surface area contributed by atoms with Crippen LogP contribution >= 0.6 is 0 Å². The van der Waals surface area contributed by atoms with E-state index in [1.54, 1.807) is 11.1 Å². The molecule has 2 aliphatic rings. The normalized spacial score (nSPS) is 21.2. The zero-order valence-corrected chi connectivity index (χ0v) is 17.0. The molecule has 7 rings (SSSR count). The third-order valence-corrected chi connectivity index (χ3v) is 7.58. The highest BCUT2D eigenvalue weighted by atomic mass is 14.5. The van der Waals surface area contributed by atoms with Gasteiger partial charge in [-0.2, -0.15) is 0 Å². The molecule has 0 fully saturated rings. The van der Waals surface area contributed by atoms with E-state index in [1.165, 1.54) is 43.8 Å². The van der Waals surface area contributed by atoms with Crippen LogP contribution in [0, 0.1) is 0 Å². The average molecular weight is 383 g/mol. The smallest absolute Gasteiger partial charge is 0.0179 e. The Kier molecular flexibility index (Phi) is 3.19. The highest BCUT2D eigenvalue weighted by Gasteiger charge is 2.46. The predicted octanol–water partition coefficient (Wildman–Crippen LogP) is 8.01. The van der Waals surface area contributed by atoms with E-state index in [2.05, 4.69) is 104 Å². The highest BCUT2D eigenvalue weighted by Crippen LogP contribution is 2.63. The summed E-state index contributed by atoms with van der Waals surface area (Å²) in [5.74, 6) is 1.38. The lowest BCUT2D eigenvalue weighted by atomic mass is 9.69. The van der Waals surface area contributed by atoms with Crippen molar-refractivity contribution in [2.45, 2.75) is 24.7 Å². The molecule has 3 atom stereocenters. The fourth-order valence-electron chi connectivity index (χ4n) is 6.51. The fraction of sp³-hybridized carbons (Fsp3) is 0.133. The second-order valence-corrected chi connectivity index (χ2v) is 8.89. The van der Waals surface area contributed by atoms with E-state index >= 15 is 0 Å². The molecule has 30 heavy (non-hydrogen) atoms. The minimum atomic E-state index is 0.413. The van der Waals surface area contributed by atoms with Crippen molar-refractivity contribution < 1.29 is 0 Å². The molecule has 0 heterocycles. The molecule has 0 nitrogen and oxygen atoms in total. The molecule has 0 saturated heterocycles. The summed E-state index contributed by atoms with van der Waals surface area (Å²) >= 11 is 0. The summed E-state index contributed by atoms with van der Waals surface area (Å²) in [5.41, 5.74) is 8.95. The molecule has 0 aliphatic heterocycles. The molecule has 0 bridgehead atoms. The lowest BCUT2D eigenvalue weighted by Crippen LogP contribution is -2.17. The van der Waals surface area contributed by atoms with Gasteiger partial charge in [-0.1, -0.05) is 104 Å². The van der Waals surface area contributed by atoms with Crippen molar-refractivity contribution in [3.63, 3.8) is 0 Å². The quantitative estimate of drug-likeness (QED) is 0.238. The molecule has 0 amide bonds. The third-order valence-electron chi connectivity index (χ3n) is 7.58. The summed E-state index contributed by atoms with van der Waals surface area (Å²) in [7, 11) is 0. The predicted molar refractivity (Wildman–Crippen MR) is 126 cm³/mol. The van der Waals surface area contributed by atoms with Crippen LogP contribution < -0.4 is 0 Å².